The minimum Gasteiger partial charge on any atom is -0.341 e. The van der Waals surface area contributed by atoms with Gasteiger partial charge in [-0.15, -0.1) is 0 Å². The van der Waals surface area contributed by atoms with Gasteiger partial charge in [-0.1, -0.05) is 50.2 Å². The van der Waals surface area contributed by atoms with Crippen molar-refractivity contribution in [2.24, 2.45) is 0 Å². The van der Waals surface area contributed by atoms with Gasteiger partial charge in [0.2, 0.25) is 5.95 Å². The lowest BCUT2D eigenvalue weighted by molar-refractivity contribution is 0.573. The Morgan fingerprint density at radius 1 is 1.10 bits per heavy atom. The first kappa shape index (κ1) is 21.4. The van der Waals surface area contributed by atoms with Gasteiger partial charge < -0.3 is 4.57 Å². The molecule has 0 N–H and O–H groups in total. The first-order valence-corrected chi connectivity index (χ1v) is 9.95. The van der Waals surface area contributed by atoms with E-state index >= 15 is 0 Å². The average Bonchev–Trinajstić information content (AvgIpc) is 2.77. The van der Waals surface area contributed by atoms with Gasteiger partial charge in [0.1, 0.15) is 5.15 Å². The summed E-state index contributed by atoms with van der Waals surface area (Å²) in [6.45, 7) is 8.40. The van der Waals surface area contributed by atoms with E-state index in [1.54, 1.807) is 42.7 Å². The molecule has 3 heterocycles. The largest absolute Gasteiger partial charge is 0.341 e. The maximum atomic E-state index is 13.5. The molecule has 0 aliphatic rings. The lowest BCUT2D eigenvalue weighted by Crippen LogP contribution is -2.15. The fourth-order valence-corrected chi connectivity index (χ4v) is 3.23. The molecule has 4 aromatic rings. The summed E-state index contributed by atoms with van der Waals surface area (Å²) in [7, 11) is 0. The third-order valence-electron chi connectivity index (χ3n) is 4.49. The SMILES string of the molecule is C=C(c1ccc(Cl)nc1)c1cn(Cc2cccc(F)n2)c2ccccc2c1=O.CC. The fourth-order valence-electron chi connectivity index (χ4n) is 3.11. The van der Waals surface area contributed by atoms with Crippen LogP contribution in [-0.2, 0) is 6.54 Å². The van der Waals surface area contributed by atoms with Gasteiger partial charge >= 0.3 is 0 Å². The third-order valence-corrected chi connectivity index (χ3v) is 4.72. The molecule has 0 amide bonds. The molecular weight excluding hydrogens is 401 g/mol. The predicted molar refractivity (Wildman–Crippen MR) is 120 cm³/mol. The normalized spacial score (nSPS) is 10.4. The summed E-state index contributed by atoms with van der Waals surface area (Å²) in [5, 5.41) is 0.920. The lowest BCUT2D eigenvalue weighted by atomic mass is 10.00. The van der Waals surface area contributed by atoms with Crippen molar-refractivity contribution < 1.29 is 4.39 Å². The molecule has 30 heavy (non-hydrogen) atoms. The van der Waals surface area contributed by atoms with Crippen molar-refractivity contribution in [3.05, 3.63) is 112 Å². The number of hydrogen-bond donors (Lipinski definition) is 0. The molecule has 4 nitrogen and oxygen atoms in total. The van der Waals surface area contributed by atoms with E-state index in [0.29, 0.717) is 39.5 Å². The third kappa shape index (κ3) is 4.47. The summed E-state index contributed by atoms with van der Waals surface area (Å²) in [5.74, 6) is -0.542. The topological polar surface area (TPSA) is 47.8 Å². The van der Waals surface area contributed by atoms with E-state index in [1.807, 2.05) is 36.6 Å². The molecule has 0 aliphatic carbocycles. The summed E-state index contributed by atoms with van der Waals surface area (Å²) in [6.07, 6.45) is 3.31. The highest BCUT2D eigenvalue weighted by molar-refractivity contribution is 6.29. The average molecular weight is 422 g/mol. The zero-order valence-electron chi connectivity index (χ0n) is 16.8. The minimum absolute atomic E-state index is 0.126. The first-order chi connectivity index (χ1) is 14.5. The van der Waals surface area contributed by atoms with Gasteiger partial charge in [-0.2, -0.15) is 4.39 Å². The molecule has 0 saturated heterocycles. The maximum Gasteiger partial charge on any atom is 0.213 e. The number of para-hydroxylation sites is 1. The first-order valence-electron chi connectivity index (χ1n) is 9.58. The van der Waals surface area contributed by atoms with Gasteiger partial charge in [0.25, 0.3) is 0 Å². The van der Waals surface area contributed by atoms with Crippen molar-refractivity contribution in [2.45, 2.75) is 20.4 Å². The standard InChI is InChI=1S/C22H15ClFN3O.C2H6/c1-14(15-9-10-20(23)25-11-15)18-13-27(12-16-5-4-8-21(24)26-16)19-7-3-2-6-17(19)22(18)28;1-2/h2-11,13H,1,12H2;1-2H3. The van der Waals surface area contributed by atoms with E-state index in [2.05, 4.69) is 16.5 Å². The van der Waals surface area contributed by atoms with Crippen LogP contribution in [0.5, 0.6) is 0 Å². The van der Waals surface area contributed by atoms with Crippen LogP contribution >= 0.6 is 11.6 Å². The molecule has 1 aromatic carbocycles. The number of pyridine rings is 3. The van der Waals surface area contributed by atoms with Crippen molar-refractivity contribution in [3.8, 4) is 0 Å². The van der Waals surface area contributed by atoms with E-state index in [4.69, 9.17) is 11.6 Å². The molecule has 0 radical (unpaired) electrons. The second-order valence-electron chi connectivity index (χ2n) is 6.32. The molecule has 6 heteroatoms. The highest BCUT2D eigenvalue weighted by Crippen LogP contribution is 2.22. The van der Waals surface area contributed by atoms with E-state index in [9.17, 15) is 9.18 Å². The van der Waals surface area contributed by atoms with Crippen LogP contribution < -0.4 is 5.43 Å². The van der Waals surface area contributed by atoms with Gasteiger partial charge in [-0.05, 0) is 42.0 Å². The molecule has 0 bridgehead atoms. The lowest BCUT2D eigenvalue weighted by Gasteiger charge is -2.14. The zero-order valence-corrected chi connectivity index (χ0v) is 17.5. The van der Waals surface area contributed by atoms with Crippen molar-refractivity contribution in [3.63, 3.8) is 0 Å². The highest BCUT2D eigenvalue weighted by Gasteiger charge is 2.14. The molecule has 0 fully saturated rings. The number of rotatable bonds is 4. The summed E-state index contributed by atoms with van der Waals surface area (Å²) in [6, 6.07) is 15.4. The Kier molecular flexibility index (Phi) is 6.75. The van der Waals surface area contributed by atoms with Crippen molar-refractivity contribution in [1.29, 1.82) is 0 Å². The molecule has 3 aromatic heterocycles. The smallest absolute Gasteiger partial charge is 0.213 e. The van der Waals surface area contributed by atoms with E-state index < -0.39 is 5.95 Å². The number of nitrogens with zero attached hydrogens (tertiary/aromatic N) is 3. The summed E-state index contributed by atoms with van der Waals surface area (Å²) in [5.41, 5.74) is 2.86. The molecule has 0 unspecified atom stereocenters. The van der Waals surface area contributed by atoms with Gasteiger partial charge in [0.05, 0.1) is 17.8 Å². The second kappa shape index (κ2) is 9.46. The fraction of sp³-hybridized carbons (Fsp3) is 0.125. The van der Waals surface area contributed by atoms with Crippen LogP contribution in [0.4, 0.5) is 4.39 Å². The Morgan fingerprint density at radius 3 is 2.57 bits per heavy atom. The zero-order chi connectivity index (χ0) is 21.7. The summed E-state index contributed by atoms with van der Waals surface area (Å²) in [4.78, 5) is 21.1. The van der Waals surface area contributed by atoms with Crippen LogP contribution in [0, 0.1) is 5.95 Å². The summed E-state index contributed by atoms with van der Waals surface area (Å²) >= 11 is 5.86. The maximum absolute atomic E-state index is 13.5. The van der Waals surface area contributed by atoms with Crippen molar-refractivity contribution >= 4 is 28.1 Å². The Labute approximate surface area is 179 Å². The van der Waals surface area contributed by atoms with Crippen LogP contribution in [0.3, 0.4) is 0 Å². The minimum atomic E-state index is -0.542. The molecule has 0 saturated carbocycles. The molecule has 152 valence electrons. The van der Waals surface area contributed by atoms with Gasteiger partial charge in [-0.25, -0.2) is 9.97 Å². The van der Waals surface area contributed by atoms with Gasteiger partial charge in [0, 0.05) is 28.9 Å². The molecular formula is C24H21ClFN3O. The van der Waals surface area contributed by atoms with E-state index in [-0.39, 0.29) is 5.43 Å². The second-order valence-corrected chi connectivity index (χ2v) is 6.70. The molecule has 0 atom stereocenters. The Bertz CT molecular complexity index is 1250. The Morgan fingerprint density at radius 2 is 1.87 bits per heavy atom. The Balaban J connectivity index is 0.00000124. The molecule has 4 rings (SSSR count). The van der Waals surface area contributed by atoms with Gasteiger partial charge in [0.15, 0.2) is 5.43 Å². The number of aromatic nitrogens is 3. The number of fused-ring (bicyclic) bond motifs is 1. The van der Waals surface area contributed by atoms with Gasteiger partial charge in [-0.3, -0.25) is 4.79 Å². The van der Waals surface area contributed by atoms with Crippen LogP contribution in [0.25, 0.3) is 16.5 Å². The number of hydrogen-bond acceptors (Lipinski definition) is 3. The van der Waals surface area contributed by atoms with Crippen LogP contribution in [0.1, 0.15) is 30.7 Å². The quantitative estimate of drug-likeness (QED) is 0.396. The molecule has 0 spiro atoms. The van der Waals surface area contributed by atoms with Crippen LogP contribution in [0.2, 0.25) is 5.15 Å². The summed E-state index contributed by atoms with van der Waals surface area (Å²) < 4.78 is 15.4. The Hall–Kier alpha value is -3.31. The van der Waals surface area contributed by atoms with E-state index in [1.165, 1.54) is 6.07 Å². The van der Waals surface area contributed by atoms with Crippen LogP contribution in [0.15, 0.2) is 78.4 Å². The van der Waals surface area contributed by atoms with Crippen molar-refractivity contribution in [1.82, 2.24) is 14.5 Å². The monoisotopic (exact) mass is 421 g/mol. The van der Waals surface area contributed by atoms with E-state index in [0.717, 1.165) is 5.52 Å². The molecule has 0 aliphatic heterocycles. The van der Waals surface area contributed by atoms with Crippen LogP contribution in [-0.4, -0.2) is 14.5 Å². The van der Waals surface area contributed by atoms with Crippen molar-refractivity contribution in [2.75, 3.05) is 0 Å². The number of benzene rings is 1. The predicted octanol–water partition coefficient (Wildman–Crippen LogP) is 5.72. The number of halogens is 2. The highest BCUT2D eigenvalue weighted by atomic mass is 35.5.